The molecule has 0 aliphatic carbocycles. The van der Waals surface area contributed by atoms with Gasteiger partial charge in [-0.1, -0.05) is 127 Å². The Morgan fingerprint density at radius 2 is 0.906 bits per heavy atom. The molecule has 0 aliphatic heterocycles. The van der Waals surface area contributed by atoms with E-state index in [9.17, 15) is 0 Å². The Kier molecular flexibility index (Phi) is 7.66. The van der Waals surface area contributed by atoms with Crippen molar-refractivity contribution in [3.05, 3.63) is 188 Å². The molecule has 14 aromatic rings. The number of fused-ring (bicyclic) bond motifs is 12. The third-order valence-corrected chi connectivity index (χ3v) is 14.8. The first-order chi connectivity index (χ1) is 31.7. The van der Waals surface area contributed by atoms with Crippen LogP contribution in [0, 0.1) is 0 Å². The van der Waals surface area contributed by atoms with Gasteiger partial charge in [0.15, 0.2) is 17.5 Å². The minimum atomic E-state index is 0.540. The highest BCUT2D eigenvalue weighted by atomic mass is 32.1. The molecule has 0 radical (unpaired) electrons. The Hall–Kier alpha value is -7.97. The molecule has 0 fully saturated rings. The zero-order chi connectivity index (χ0) is 41.9. The minimum absolute atomic E-state index is 0.540. The van der Waals surface area contributed by atoms with Crippen LogP contribution in [0.25, 0.3) is 141 Å². The molecule has 0 N–H and O–H groups in total. The van der Waals surface area contributed by atoms with Crippen molar-refractivity contribution >= 4 is 107 Å². The van der Waals surface area contributed by atoms with E-state index in [4.69, 9.17) is 23.8 Å². The Labute approximate surface area is 373 Å². The lowest BCUT2D eigenvalue weighted by Crippen LogP contribution is -2.00. The van der Waals surface area contributed by atoms with Crippen LogP contribution in [0.4, 0.5) is 0 Å². The monoisotopic (exact) mass is 853 g/mol. The minimum Gasteiger partial charge on any atom is -0.456 e. The van der Waals surface area contributed by atoms with Gasteiger partial charge in [-0.05, 0) is 82.9 Å². The molecule has 7 heteroatoms. The van der Waals surface area contributed by atoms with E-state index < -0.39 is 0 Å². The molecular formula is C57H31N3O2S2. The third kappa shape index (κ3) is 5.45. The quantitative estimate of drug-likeness (QED) is 0.173. The number of aromatic nitrogens is 3. The SMILES string of the molecule is c1ccc(-c2nc(-c3cccc4c3oc3ccccc34)nc(-c3cccc4oc5ccc(-c6cccc7sc8ccc(-c9ccc%10c(c9)sc9ccccc9%10)cc8c67)cc5c34)n2)cc1. The van der Waals surface area contributed by atoms with Gasteiger partial charge in [-0.3, -0.25) is 0 Å². The van der Waals surface area contributed by atoms with Crippen LogP contribution in [0.2, 0.25) is 0 Å². The van der Waals surface area contributed by atoms with E-state index in [-0.39, 0.29) is 0 Å². The molecule has 0 saturated carbocycles. The van der Waals surface area contributed by atoms with Gasteiger partial charge < -0.3 is 8.83 Å². The molecule has 0 bridgehead atoms. The highest BCUT2D eigenvalue weighted by molar-refractivity contribution is 7.26. The molecule has 0 spiro atoms. The van der Waals surface area contributed by atoms with Gasteiger partial charge in [0.2, 0.25) is 0 Å². The molecule has 0 unspecified atom stereocenters. The van der Waals surface area contributed by atoms with E-state index in [2.05, 4.69) is 115 Å². The van der Waals surface area contributed by atoms with E-state index in [0.717, 1.165) is 66.1 Å². The molecule has 14 rings (SSSR count). The molecular weight excluding hydrogens is 823 g/mol. The van der Waals surface area contributed by atoms with Gasteiger partial charge in [-0.15, -0.1) is 22.7 Å². The maximum atomic E-state index is 6.60. The Morgan fingerprint density at radius 3 is 1.84 bits per heavy atom. The lowest BCUT2D eigenvalue weighted by Gasteiger charge is -2.10. The fourth-order valence-electron chi connectivity index (χ4n) is 9.59. The first-order valence-corrected chi connectivity index (χ1v) is 22.9. The van der Waals surface area contributed by atoms with Gasteiger partial charge in [0.1, 0.15) is 22.3 Å². The first kappa shape index (κ1) is 35.6. The lowest BCUT2D eigenvalue weighted by atomic mass is 9.95. The second-order valence-corrected chi connectivity index (χ2v) is 18.4. The van der Waals surface area contributed by atoms with Crippen molar-refractivity contribution in [2.24, 2.45) is 0 Å². The highest BCUT2D eigenvalue weighted by Gasteiger charge is 2.21. The predicted molar refractivity (Wildman–Crippen MR) is 267 cm³/mol. The summed E-state index contributed by atoms with van der Waals surface area (Å²) in [7, 11) is 0. The number of hydrogen-bond donors (Lipinski definition) is 0. The molecule has 9 aromatic carbocycles. The van der Waals surface area contributed by atoms with E-state index in [1.54, 1.807) is 0 Å². The Bertz CT molecular complexity index is 4220. The van der Waals surface area contributed by atoms with Crippen LogP contribution in [0.5, 0.6) is 0 Å². The largest absolute Gasteiger partial charge is 0.456 e. The van der Waals surface area contributed by atoms with Crippen molar-refractivity contribution < 1.29 is 8.83 Å². The molecule has 0 saturated heterocycles. The summed E-state index contributed by atoms with van der Waals surface area (Å²) in [6.07, 6.45) is 0. The van der Waals surface area contributed by atoms with Crippen LogP contribution in [0.1, 0.15) is 0 Å². The summed E-state index contributed by atoms with van der Waals surface area (Å²) < 4.78 is 18.2. The third-order valence-electron chi connectivity index (χ3n) is 12.6. The zero-order valence-corrected chi connectivity index (χ0v) is 35.5. The number of furan rings is 2. The van der Waals surface area contributed by atoms with Crippen LogP contribution in [0.15, 0.2) is 197 Å². The van der Waals surface area contributed by atoms with Crippen LogP contribution in [-0.4, -0.2) is 15.0 Å². The summed E-state index contributed by atoms with van der Waals surface area (Å²) in [6.45, 7) is 0. The van der Waals surface area contributed by atoms with Crippen molar-refractivity contribution in [2.45, 2.75) is 0 Å². The van der Waals surface area contributed by atoms with Crippen LogP contribution < -0.4 is 0 Å². The van der Waals surface area contributed by atoms with E-state index >= 15 is 0 Å². The molecule has 0 atom stereocenters. The van der Waals surface area contributed by atoms with Gasteiger partial charge in [-0.2, -0.15) is 0 Å². The summed E-state index contributed by atoms with van der Waals surface area (Å²) in [5.74, 6) is 1.68. The fraction of sp³-hybridized carbons (Fsp3) is 0. The van der Waals surface area contributed by atoms with Gasteiger partial charge in [0.25, 0.3) is 0 Å². The average molecular weight is 854 g/mol. The number of nitrogens with zero attached hydrogens (tertiary/aromatic N) is 3. The molecule has 298 valence electrons. The number of para-hydroxylation sites is 2. The first-order valence-electron chi connectivity index (χ1n) is 21.2. The van der Waals surface area contributed by atoms with Crippen molar-refractivity contribution in [3.63, 3.8) is 0 Å². The van der Waals surface area contributed by atoms with E-state index in [1.807, 2.05) is 95.5 Å². The Balaban J connectivity index is 0.941. The second kappa shape index (κ2) is 13.8. The molecule has 64 heavy (non-hydrogen) atoms. The number of rotatable bonds is 5. The maximum Gasteiger partial charge on any atom is 0.167 e. The van der Waals surface area contributed by atoms with Crippen molar-refractivity contribution in [1.82, 2.24) is 15.0 Å². The summed E-state index contributed by atoms with van der Waals surface area (Å²) >= 11 is 3.70. The van der Waals surface area contributed by atoms with E-state index in [1.165, 1.54) is 57.0 Å². The van der Waals surface area contributed by atoms with Gasteiger partial charge >= 0.3 is 0 Å². The summed E-state index contributed by atoms with van der Waals surface area (Å²) in [4.78, 5) is 15.5. The predicted octanol–water partition coefficient (Wildman–Crippen LogP) is 16.7. The molecule has 5 nitrogen and oxygen atoms in total. The average Bonchev–Trinajstić information content (AvgIpc) is 4.13. The lowest BCUT2D eigenvalue weighted by molar-refractivity contribution is 0.668. The topological polar surface area (TPSA) is 65.0 Å². The second-order valence-electron chi connectivity index (χ2n) is 16.2. The number of thiophene rings is 2. The van der Waals surface area contributed by atoms with Crippen LogP contribution >= 0.6 is 22.7 Å². The zero-order valence-electron chi connectivity index (χ0n) is 33.9. The molecule has 5 heterocycles. The van der Waals surface area contributed by atoms with E-state index in [0.29, 0.717) is 17.5 Å². The van der Waals surface area contributed by atoms with Crippen molar-refractivity contribution in [3.8, 4) is 56.4 Å². The molecule has 0 amide bonds. The van der Waals surface area contributed by atoms with Gasteiger partial charge in [-0.25, -0.2) is 15.0 Å². The standard InChI is InChI=1S/C57H31N3O2S2/c1-2-11-32(12-3-1)55-58-56(60-57(59-55)42-18-8-16-40-37-13-4-6-19-45(37)62-54(40)42)41-17-9-20-47-52(41)43-30-35(24-27-46(43)61-47)36-15-10-22-50-53(36)44-29-33(25-28-49(44)63-50)34-23-26-39-38-14-5-7-21-48(38)64-51(39)31-34/h1-31H. The maximum absolute atomic E-state index is 6.60. The van der Waals surface area contributed by atoms with Crippen LogP contribution in [0.3, 0.4) is 0 Å². The van der Waals surface area contributed by atoms with Crippen molar-refractivity contribution in [1.29, 1.82) is 0 Å². The fourth-order valence-corrected chi connectivity index (χ4v) is 11.8. The highest BCUT2D eigenvalue weighted by Crippen LogP contribution is 2.45. The smallest absolute Gasteiger partial charge is 0.167 e. The summed E-state index contributed by atoms with van der Waals surface area (Å²) in [5.41, 5.74) is 10.5. The molecule has 5 aromatic heterocycles. The van der Waals surface area contributed by atoms with Gasteiger partial charge in [0, 0.05) is 73.0 Å². The Morgan fingerprint density at radius 1 is 0.297 bits per heavy atom. The summed E-state index contributed by atoms with van der Waals surface area (Å²) in [6, 6.07) is 66.2. The normalized spacial score (nSPS) is 12.1. The number of hydrogen-bond acceptors (Lipinski definition) is 7. The van der Waals surface area contributed by atoms with Crippen molar-refractivity contribution in [2.75, 3.05) is 0 Å². The van der Waals surface area contributed by atoms with Gasteiger partial charge in [0.05, 0.1) is 5.56 Å². The summed E-state index contributed by atoms with van der Waals surface area (Å²) in [5, 5.41) is 9.18. The molecule has 0 aliphatic rings. The number of benzene rings is 9. The van der Waals surface area contributed by atoms with Crippen LogP contribution in [-0.2, 0) is 0 Å².